The summed E-state index contributed by atoms with van der Waals surface area (Å²) in [5.74, 6) is -0.140. The van der Waals surface area contributed by atoms with E-state index in [1.54, 1.807) is 18.2 Å². The van der Waals surface area contributed by atoms with Crippen LogP contribution < -0.4 is 0 Å². The van der Waals surface area contributed by atoms with Gasteiger partial charge in [-0.1, -0.05) is 30.1 Å². The molecule has 0 radical (unpaired) electrons. The lowest BCUT2D eigenvalue weighted by Gasteiger charge is -2.06. The van der Waals surface area contributed by atoms with Crippen molar-refractivity contribution in [3.63, 3.8) is 0 Å². The third-order valence-electron chi connectivity index (χ3n) is 1.79. The van der Waals surface area contributed by atoms with Crippen molar-refractivity contribution in [2.24, 2.45) is 0 Å². The number of carbonyl (C=O) groups excluding carboxylic acids is 1. The van der Waals surface area contributed by atoms with Gasteiger partial charge in [0.25, 0.3) is 0 Å². The third kappa shape index (κ3) is 2.88. The molecule has 0 saturated carbocycles. The van der Waals surface area contributed by atoms with E-state index in [2.05, 4.69) is 0 Å². The lowest BCUT2D eigenvalue weighted by molar-refractivity contribution is 0.0985. The molecule has 1 nitrogen and oxygen atoms in total. The van der Waals surface area contributed by atoms with Crippen LogP contribution in [-0.4, -0.2) is 11.2 Å². The SMILES string of the molecule is CCC(Cl)C(=O)c1cc(Cl)cc(Cl)c1. The summed E-state index contributed by atoms with van der Waals surface area (Å²) in [5, 5.41) is 0.381. The number of rotatable bonds is 3. The summed E-state index contributed by atoms with van der Waals surface area (Å²) in [6, 6.07) is 4.72. The summed E-state index contributed by atoms with van der Waals surface area (Å²) in [7, 11) is 0. The zero-order valence-electron chi connectivity index (χ0n) is 7.56. The molecule has 0 spiro atoms. The van der Waals surface area contributed by atoms with Gasteiger partial charge in [0.15, 0.2) is 5.78 Å². The molecule has 0 aliphatic rings. The first kappa shape index (κ1) is 11.8. The molecule has 0 bridgehead atoms. The second-order valence-corrected chi connectivity index (χ2v) is 4.30. The monoisotopic (exact) mass is 250 g/mol. The van der Waals surface area contributed by atoms with Crippen molar-refractivity contribution < 1.29 is 4.79 Å². The Kier molecular flexibility index (Phi) is 4.24. The molecule has 0 aliphatic heterocycles. The van der Waals surface area contributed by atoms with Crippen LogP contribution in [0.4, 0.5) is 0 Å². The molecule has 0 N–H and O–H groups in total. The number of carbonyl (C=O) groups is 1. The fourth-order valence-electron chi connectivity index (χ4n) is 1.06. The Morgan fingerprint density at radius 1 is 1.29 bits per heavy atom. The van der Waals surface area contributed by atoms with Gasteiger partial charge >= 0.3 is 0 Å². The van der Waals surface area contributed by atoms with Crippen LogP contribution >= 0.6 is 34.8 Å². The molecule has 0 amide bonds. The number of alkyl halides is 1. The van der Waals surface area contributed by atoms with Gasteiger partial charge in [-0.3, -0.25) is 4.79 Å². The van der Waals surface area contributed by atoms with Gasteiger partial charge < -0.3 is 0 Å². The Bertz CT molecular complexity index is 329. The van der Waals surface area contributed by atoms with Crippen molar-refractivity contribution in [2.75, 3.05) is 0 Å². The highest BCUT2D eigenvalue weighted by atomic mass is 35.5. The largest absolute Gasteiger partial charge is 0.293 e. The van der Waals surface area contributed by atoms with Crippen molar-refractivity contribution in [3.8, 4) is 0 Å². The van der Waals surface area contributed by atoms with Gasteiger partial charge in [0.05, 0.1) is 5.38 Å². The highest BCUT2D eigenvalue weighted by Gasteiger charge is 2.16. The number of hydrogen-bond donors (Lipinski definition) is 0. The molecule has 0 heterocycles. The lowest BCUT2D eigenvalue weighted by atomic mass is 10.1. The maximum atomic E-state index is 11.6. The van der Waals surface area contributed by atoms with E-state index < -0.39 is 5.38 Å². The minimum Gasteiger partial charge on any atom is -0.293 e. The van der Waals surface area contributed by atoms with E-state index in [4.69, 9.17) is 34.8 Å². The van der Waals surface area contributed by atoms with E-state index in [1.165, 1.54) is 0 Å². The molecule has 14 heavy (non-hydrogen) atoms. The zero-order chi connectivity index (χ0) is 10.7. The first-order chi connectivity index (χ1) is 6.54. The van der Waals surface area contributed by atoms with Crippen molar-refractivity contribution in [1.82, 2.24) is 0 Å². The second kappa shape index (κ2) is 5.01. The highest BCUT2D eigenvalue weighted by Crippen LogP contribution is 2.21. The van der Waals surface area contributed by atoms with Gasteiger partial charge in [-0.05, 0) is 24.6 Å². The molecular weight excluding hydrogens is 242 g/mol. The normalized spacial score (nSPS) is 12.6. The number of hydrogen-bond acceptors (Lipinski definition) is 1. The molecular formula is C10H9Cl3O. The molecule has 0 aliphatic carbocycles. The first-order valence-corrected chi connectivity index (χ1v) is 5.38. The van der Waals surface area contributed by atoms with E-state index in [0.717, 1.165) is 0 Å². The molecule has 1 rings (SSSR count). The molecule has 1 aromatic carbocycles. The summed E-state index contributed by atoms with van der Waals surface area (Å²) < 4.78 is 0. The average molecular weight is 252 g/mol. The fraction of sp³-hybridized carbons (Fsp3) is 0.300. The van der Waals surface area contributed by atoms with Crippen LogP contribution in [0.5, 0.6) is 0 Å². The van der Waals surface area contributed by atoms with E-state index in [1.807, 2.05) is 6.92 Å². The van der Waals surface area contributed by atoms with Crippen LogP contribution in [0, 0.1) is 0 Å². The molecule has 1 unspecified atom stereocenters. The molecule has 1 atom stereocenters. The number of halogens is 3. The Labute approximate surface area is 98.0 Å². The van der Waals surface area contributed by atoms with Crippen LogP contribution in [-0.2, 0) is 0 Å². The quantitative estimate of drug-likeness (QED) is 0.581. The van der Waals surface area contributed by atoms with E-state index in [0.29, 0.717) is 22.0 Å². The van der Waals surface area contributed by atoms with Crippen LogP contribution in [0.1, 0.15) is 23.7 Å². The average Bonchev–Trinajstić information content (AvgIpc) is 2.14. The highest BCUT2D eigenvalue weighted by molar-refractivity contribution is 6.37. The zero-order valence-corrected chi connectivity index (χ0v) is 9.83. The summed E-state index contributed by atoms with van der Waals surface area (Å²) in [5.41, 5.74) is 0.462. The molecule has 4 heteroatoms. The molecule has 1 aromatic rings. The Balaban J connectivity index is 3.01. The number of Topliss-reactive ketones (excluding diaryl/α,β-unsaturated/α-hetero) is 1. The third-order valence-corrected chi connectivity index (χ3v) is 2.73. The number of ketones is 1. The minimum absolute atomic E-state index is 0.140. The van der Waals surface area contributed by atoms with Gasteiger partial charge in [-0.25, -0.2) is 0 Å². The van der Waals surface area contributed by atoms with Crippen molar-refractivity contribution in [3.05, 3.63) is 33.8 Å². The van der Waals surface area contributed by atoms with Crippen LogP contribution in [0.15, 0.2) is 18.2 Å². The van der Waals surface area contributed by atoms with Crippen LogP contribution in [0.2, 0.25) is 10.0 Å². The van der Waals surface area contributed by atoms with Crippen molar-refractivity contribution >= 4 is 40.6 Å². The second-order valence-electron chi connectivity index (χ2n) is 2.90. The summed E-state index contributed by atoms with van der Waals surface area (Å²) in [6.07, 6.45) is 0.588. The summed E-state index contributed by atoms with van der Waals surface area (Å²) in [4.78, 5) is 11.6. The predicted octanol–water partition coefficient (Wildman–Crippen LogP) is 4.19. The van der Waals surface area contributed by atoms with Crippen LogP contribution in [0.25, 0.3) is 0 Å². The van der Waals surface area contributed by atoms with Gasteiger partial charge in [-0.15, -0.1) is 11.6 Å². The Morgan fingerprint density at radius 2 is 1.79 bits per heavy atom. The van der Waals surface area contributed by atoms with Gasteiger partial charge in [0, 0.05) is 15.6 Å². The lowest BCUT2D eigenvalue weighted by Crippen LogP contribution is -2.13. The molecule has 0 saturated heterocycles. The predicted molar refractivity (Wildman–Crippen MR) is 60.7 cm³/mol. The maximum Gasteiger partial charge on any atom is 0.180 e. The Morgan fingerprint density at radius 3 is 2.21 bits per heavy atom. The smallest absolute Gasteiger partial charge is 0.180 e. The standard InChI is InChI=1S/C10H9Cl3O/c1-2-9(13)10(14)6-3-7(11)5-8(12)4-6/h3-5,9H,2H2,1H3. The van der Waals surface area contributed by atoms with Gasteiger partial charge in [0.1, 0.15) is 0 Å². The van der Waals surface area contributed by atoms with E-state index >= 15 is 0 Å². The summed E-state index contributed by atoms with van der Waals surface area (Å²) >= 11 is 17.3. The van der Waals surface area contributed by atoms with Crippen molar-refractivity contribution in [1.29, 1.82) is 0 Å². The molecule has 0 aromatic heterocycles. The topological polar surface area (TPSA) is 17.1 Å². The Hall–Kier alpha value is -0.240. The van der Waals surface area contributed by atoms with E-state index in [-0.39, 0.29) is 5.78 Å². The fourth-order valence-corrected chi connectivity index (χ4v) is 1.71. The summed E-state index contributed by atoms with van der Waals surface area (Å²) in [6.45, 7) is 1.85. The van der Waals surface area contributed by atoms with Gasteiger partial charge in [-0.2, -0.15) is 0 Å². The number of benzene rings is 1. The van der Waals surface area contributed by atoms with E-state index in [9.17, 15) is 4.79 Å². The molecule has 76 valence electrons. The maximum absolute atomic E-state index is 11.6. The first-order valence-electron chi connectivity index (χ1n) is 4.19. The van der Waals surface area contributed by atoms with Crippen LogP contribution in [0.3, 0.4) is 0 Å². The van der Waals surface area contributed by atoms with Crippen molar-refractivity contribution in [2.45, 2.75) is 18.7 Å². The minimum atomic E-state index is -0.510. The molecule has 0 fully saturated rings. The van der Waals surface area contributed by atoms with Gasteiger partial charge in [0.2, 0.25) is 0 Å².